The van der Waals surface area contributed by atoms with Crippen molar-refractivity contribution in [2.45, 2.75) is 31.7 Å². The highest BCUT2D eigenvalue weighted by Crippen LogP contribution is 2.37. The topological polar surface area (TPSA) is 33.1 Å². The molecule has 4 nitrogen and oxygen atoms in total. The van der Waals surface area contributed by atoms with Crippen LogP contribution in [0.2, 0.25) is 0 Å². The summed E-state index contributed by atoms with van der Waals surface area (Å²) < 4.78 is 15.3. The molecule has 0 unspecified atom stereocenters. The van der Waals surface area contributed by atoms with E-state index in [1.54, 1.807) is 12.1 Å². The van der Waals surface area contributed by atoms with Crippen LogP contribution in [0.25, 0.3) is 5.69 Å². The fourth-order valence-electron chi connectivity index (χ4n) is 4.50. The van der Waals surface area contributed by atoms with E-state index in [2.05, 4.69) is 40.5 Å². The van der Waals surface area contributed by atoms with Crippen LogP contribution >= 0.6 is 0 Å². The number of hydrogen-bond acceptors (Lipinski definition) is 3. The number of nitrogens with zero attached hydrogens (tertiary/aromatic N) is 3. The maximum absolute atomic E-state index is 13.3. The van der Waals surface area contributed by atoms with Gasteiger partial charge in [0.1, 0.15) is 11.6 Å². The van der Waals surface area contributed by atoms with E-state index >= 15 is 0 Å². The van der Waals surface area contributed by atoms with Gasteiger partial charge in [0.25, 0.3) is 0 Å². The second kappa shape index (κ2) is 7.40. The van der Waals surface area contributed by atoms with Crippen molar-refractivity contribution in [3.8, 4) is 5.69 Å². The molecule has 2 aromatic carbocycles. The summed E-state index contributed by atoms with van der Waals surface area (Å²) >= 11 is 0. The molecule has 3 aromatic rings. The summed E-state index contributed by atoms with van der Waals surface area (Å²) in [5.41, 5.74) is 4.89. The Balaban J connectivity index is 1.33. The van der Waals surface area contributed by atoms with Gasteiger partial charge in [-0.1, -0.05) is 30.3 Å². The normalized spacial score (nSPS) is 17.5. The molecule has 2 aliphatic heterocycles. The van der Waals surface area contributed by atoms with Crippen LogP contribution in [-0.4, -0.2) is 34.3 Å². The highest BCUT2D eigenvalue weighted by molar-refractivity contribution is 5.57. The zero-order chi connectivity index (χ0) is 18.9. The van der Waals surface area contributed by atoms with Crippen LogP contribution in [0.4, 0.5) is 10.2 Å². The van der Waals surface area contributed by atoms with E-state index in [0.29, 0.717) is 5.92 Å². The van der Waals surface area contributed by atoms with E-state index in [9.17, 15) is 4.39 Å². The van der Waals surface area contributed by atoms with Gasteiger partial charge in [-0.05, 0) is 62.2 Å². The van der Waals surface area contributed by atoms with Crippen molar-refractivity contribution in [3.63, 3.8) is 0 Å². The monoisotopic (exact) mass is 376 g/mol. The molecule has 5 heteroatoms. The lowest BCUT2D eigenvalue weighted by Gasteiger charge is -2.31. The average molecular weight is 376 g/mol. The Hall–Kier alpha value is -2.66. The number of anilines is 1. The summed E-state index contributed by atoms with van der Waals surface area (Å²) in [6.07, 6.45) is 3.30. The van der Waals surface area contributed by atoms with Crippen molar-refractivity contribution >= 4 is 5.82 Å². The van der Waals surface area contributed by atoms with Gasteiger partial charge in [0.15, 0.2) is 0 Å². The molecule has 0 atom stereocenters. The predicted octanol–water partition coefficient (Wildman–Crippen LogP) is 4.36. The smallest absolute Gasteiger partial charge is 0.133 e. The van der Waals surface area contributed by atoms with Crippen LogP contribution in [0.1, 0.15) is 35.6 Å². The fraction of sp³-hybridized carbons (Fsp3) is 0.348. The van der Waals surface area contributed by atoms with Crippen molar-refractivity contribution in [1.29, 1.82) is 0 Å². The molecule has 0 aliphatic carbocycles. The van der Waals surface area contributed by atoms with Gasteiger partial charge in [-0.15, -0.1) is 0 Å². The predicted molar refractivity (Wildman–Crippen MR) is 109 cm³/mol. The van der Waals surface area contributed by atoms with E-state index in [4.69, 9.17) is 5.10 Å². The van der Waals surface area contributed by atoms with Crippen molar-refractivity contribution in [2.75, 3.05) is 25.0 Å². The molecule has 0 radical (unpaired) electrons. The first-order chi connectivity index (χ1) is 13.8. The molecule has 0 spiro atoms. The van der Waals surface area contributed by atoms with Crippen LogP contribution in [-0.2, 0) is 13.0 Å². The Bertz CT molecular complexity index is 941. The van der Waals surface area contributed by atoms with Gasteiger partial charge in [0, 0.05) is 24.6 Å². The van der Waals surface area contributed by atoms with Crippen LogP contribution in [0.15, 0.2) is 54.6 Å². The quantitative estimate of drug-likeness (QED) is 0.734. The minimum Gasteiger partial charge on any atom is -0.369 e. The third kappa shape index (κ3) is 3.31. The summed E-state index contributed by atoms with van der Waals surface area (Å²) in [4.78, 5) is 2.54. The van der Waals surface area contributed by atoms with Gasteiger partial charge >= 0.3 is 0 Å². The Kier molecular flexibility index (Phi) is 4.61. The zero-order valence-electron chi connectivity index (χ0n) is 15.9. The maximum Gasteiger partial charge on any atom is 0.133 e. The minimum atomic E-state index is -0.216. The van der Waals surface area contributed by atoms with Crippen LogP contribution < -0.4 is 5.32 Å². The number of hydrogen-bond donors (Lipinski definition) is 1. The van der Waals surface area contributed by atoms with Gasteiger partial charge in [-0.2, -0.15) is 5.10 Å². The molecular formula is C23H25FN4. The Morgan fingerprint density at radius 3 is 2.50 bits per heavy atom. The van der Waals surface area contributed by atoms with E-state index in [-0.39, 0.29) is 5.82 Å². The number of piperidine rings is 1. The second-order valence-corrected chi connectivity index (χ2v) is 7.81. The first-order valence-electron chi connectivity index (χ1n) is 10.2. The van der Waals surface area contributed by atoms with Gasteiger partial charge in [0.05, 0.1) is 11.4 Å². The van der Waals surface area contributed by atoms with Gasteiger partial charge in [-0.3, -0.25) is 4.90 Å². The number of rotatable bonds is 4. The molecule has 1 aromatic heterocycles. The summed E-state index contributed by atoms with van der Waals surface area (Å²) in [7, 11) is 0. The maximum atomic E-state index is 13.3. The molecule has 1 saturated heterocycles. The lowest BCUT2D eigenvalue weighted by Crippen LogP contribution is -2.32. The summed E-state index contributed by atoms with van der Waals surface area (Å²) in [6.45, 7) is 4.18. The average Bonchev–Trinajstić information content (AvgIpc) is 3.33. The zero-order valence-corrected chi connectivity index (χ0v) is 15.9. The van der Waals surface area contributed by atoms with Crippen molar-refractivity contribution in [2.24, 2.45) is 0 Å². The first-order valence-corrected chi connectivity index (χ1v) is 10.2. The number of nitrogens with one attached hydrogen (secondary N) is 1. The van der Waals surface area contributed by atoms with E-state index in [1.165, 1.54) is 29.0 Å². The molecule has 0 saturated carbocycles. The van der Waals surface area contributed by atoms with Crippen molar-refractivity contribution < 1.29 is 4.39 Å². The SMILES string of the molecule is Fc1ccc(-n2nc(C3CCN(Cc4ccccc4)CC3)c3c2NCC3)cc1. The van der Waals surface area contributed by atoms with E-state index in [0.717, 1.165) is 56.9 Å². The van der Waals surface area contributed by atoms with Crippen molar-refractivity contribution in [3.05, 3.63) is 77.2 Å². The number of halogens is 1. The molecular weight excluding hydrogens is 351 g/mol. The molecule has 1 fully saturated rings. The van der Waals surface area contributed by atoms with E-state index < -0.39 is 0 Å². The molecule has 1 N–H and O–H groups in total. The summed E-state index contributed by atoms with van der Waals surface area (Å²) in [5.74, 6) is 1.38. The van der Waals surface area contributed by atoms with Crippen LogP contribution in [0.3, 0.4) is 0 Å². The molecule has 28 heavy (non-hydrogen) atoms. The number of fused-ring (bicyclic) bond motifs is 1. The van der Waals surface area contributed by atoms with Crippen LogP contribution in [0, 0.1) is 5.82 Å². The molecule has 0 bridgehead atoms. The molecule has 3 heterocycles. The number of benzene rings is 2. The van der Waals surface area contributed by atoms with Gasteiger partial charge < -0.3 is 5.32 Å². The Morgan fingerprint density at radius 2 is 1.75 bits per heavy atom. The highest BCUT2D eigenvalue weighted by Gasteiger charge is 2.30. The lowest BCUT2D eigenvalue weighted by molar-refractivity contribution is 0.203. The summed E-state index contributed by atoms with van der Waals surface area (Å²) in [6, 6.07) is 17.3. The van der Waals surface area contributed by atoms with Crippen LogP contribution in [0.5, 0.6) is 0 Å². The number of likely N-dealkylation sites (tertiary alicyclic amines) is 1. The third-order valence-corrected chi connectivity index (χ3v) is 5.98. The standard InChI is InChI=1S/C23H25FN4/c24-19-6-8-20(9-7-19)28-23-21(10-13-25-23)22(26-28)18-11-14-27(15-12-18)16-17-4-2-1-3-5-17/h1-9,18,25H,10-16H2. The largest absolute Gasteiger partial charge is 0.369 e. The van der Waals surface area contributed by atoms with E-state index in [1.807, 2.05) is 4.68 Å². The van der Waals surface area contributed by atoms with Crippen molar-refractivity contribution in [1.82, 2.24) is 14.7 Å². The molecule has 2 aliphatic rings. The lowest BCUT2D eigenvalue weighted by atomic mass is 9.90. The van der Waals surface area contributed by atoms with Gasteiger partial charge in [-0.25, -0.2) is 9.07 Å². The minimum absolute atomic E-state index is 0.216. The molecule has 5 rings (SSSR count). The molecule has 144 valence electrons. The number of aromatic nitrogens is 2. The fourth-order valence-corrected chi connectivity index (χ4v) is 4.50. The Labute approximate surface area is 165 Å². The molecule has 0 amide bonds. The Morgan fingerprint density at radius 1 is 1.00 bits per heavy atom. The first kappa shape index (κ1) is 17.4. The second-order valence-electron chi connectivity index (χ2n) is 7.81. The highest BCUT2D eigenvalue weighted by atomic mass is 19.1. The van der Waals surface area contributed by atoms with Gasteiger partial charge in [0.2, 0.25) is 0 Å². The summed E-state index contributed by atoms with van der Waals surface area (Å²) in [5, 5.41) is 8.46. The third-order valence-electron chi connectivity index (χ3n) is 5.98.